The SMILES string of the molecule is CCN(c1cc(-c2ccnc(OC)c2)c[nH]c1=O)C1CCN(C(=O)C=CCN(C)C)C1. The Hall–Kier alpha value is -3.13. The minimum Gasteiger partial charge on any atom is -0.481 e. The fraction of sp³-hybridized carbons (Fsp3) is 0.435. The predicted molar refractivity (Wildman–Crippen MR) is 123 cm³/mol. The number of hydrogen-bond acceptors (Lipinski definition) is 6. The minimum atomic E-state index is -0.137. The number of nitrogens with one attached hydrogen (secondary N) is 1. The molecule has 3 rings (SSSR count). The molecule has 0 saturated carbocycles. The van der Waals surface area contributed by atoms with Crippen molar-refractivity contribution in [2.45, 2.75) is 19.4 Å². The van der Waals surface area contributed by atoms with Crippen molar-refractivity contribution in [1.82, 2.24) is 19.8 Å². The highest BCUT2D eigenvalue weighted by Crippen LogP contribution is 2.26. The second-order valence-corrected chi connectivity index (χ2v) is 7.87. The zero-order chi connectivity index (χ0) is 22.4. The predicted octanol–water partition coefficient (Wildman–Crippen LogP) is 1.99. The van der Waals surface area contributed by atoms with Gasteiger partial charge in [-0.3, -0.25) is 9.59 Å². The highest BCUT2D eigenvalue weighted by molar-refractivity contribution is 5.88. The number of carbonyl (C=O) groups excluding carboxylic acids is 1. The molecule has 0 spiro atoms. The molecule has 1 aliphatic heterocycles. The summed E-state index contributed by atoms with van der Waals surface area (Å²) in [7, 11) is 5.51. The van der Waals surface area contributed by atoms with Gasteiger partial charge in [-0.05, 0) is 45.1 Å². The van der Waals surface area contributed by atoms with E-state index in [-0.39, 0.29) is 17.5 Å². The van der Waals surface area contributed by atoms with Crippen LogP contribution in [0.3, 0.4) is 0 Å². The minimum absolute atomic E-state index is 0.0203. The Balaban J connectivity index is 1.79. The maximum atomic E-state index is 12.7. The molecule has 1 amide bonds. The Labute approximate surface area is 183 Å². The second kappa shape index (κ2) is 10.3. The van der Waals surface area contributed by atoms with Crippen molar-refractivity contribution < 1.29 is 9.53 Å². The monoisotopic (exact) mass is 425 g/mol. The molecule has 0 aliphatic carbocycles. The van der Waals surface area contributed by atoms with Crippen LogP contribution in [0.25, 0.3) is 11.1 Å². The molecule has 1 saturated heterocycles. The van der Waals surface area contributed by atoms with Gasteiger partial charge in [-0.15, -0.1) is 0 Å². The normalized spacial score (nSPS) is 16.3. The molecule has 1 aliphatic rings. The number of hydrogen-bond donors (Lipinski definition) is 1. The van der Waals surface area contributed by atoms with Gasteiger partial charge in [-0.1, -0.05) is 6.08 Å². The first-order valence-electron chi connectivity index (χ1n) is 10.5. The van der Waals surface area contributed by atoms with E-state index in [2.05, 4.69) is 14.9 Å². The van der Waals surface area contributed by atoms with Crippen LogP contribution in [0.15, 0.2) is 47.5 Å². The Kier molecular flexibility index (Phi) is 7.46. The average Bonchev–Trinajstić information content (AvgIpc) is 3.25. The number of pyridine rings is 2. The van der Waals surface area contributed by atoms with Crippen LogP contribution in [-0.2, 0) is 4.79 Å². The van der Waals surface area contributed by atoms with Crippen molar-refractivity contribution in [3.8, 4) is 17.0 Å². The standard InChI is InChI=1S/C23H31N5O3/c1-5-28(19-9-12-27(16-19)22(29)7-6-11-26(2)3)20-13-18(15-25-23(20)30)17-8-10-24-21(14-17)31-4/h6-8,10,13-15,19H,5,9,11-12,16H2,1-4H3,(H,25,30). The summed E-state index contributed by atoms with van der Waals surface area (Å²) < 4.78 is 5.22. The Bertz CT molecular complexity index is 985. The summed E-state index contributed by atoms with van der Waals surface area (Å²) in [4.78, 5) is 38.1. The number of likely N-dealkylation sites (tertiary alicyclic amines) is 1. The Morgan fingerprint density at radius 3 is 2.87 bits per heavy atom. The molecule has 2 aromatic rings. The summed E-state index contributed by atoms with van der Waals surface area (Å²) in [5, 5.41) is 0. The van der Waals surface area contributed by atoms with Crippen LogP contribution >= 0.6 is 0 Å². The van der Waals surface area contributed by atoms with Gasteiger partial charge < -0.3 is 24.4 Å². The van der Waals surface area contributed by atoms with Gasteiger partial charge >= 0.3 is 0 Å². The van der Waals surface area contributed by atoms with Crippen LogP contribution in [0.2, 0.25) is 0 Å². The van der Waals surface area contributed by atoms with Crippen LogP contribution in [0, 0.1) is 0 Å². The van der Waals surface area contributed by atoms with Crippen molar-refractivity contribution in [3.05, 3.63) is 53.1 Å². The largest absolute Gasteiger partial charge is 0.481 e. The van der Waals surface area contributed by atoms with E-state index < -0.39 is 0 Å². The smallest absolute Gasteiger partial charge is 0.271 e. The third-order valence-corrected chi connectivity index (χ3v) is 5.46. The van der Waals surface area contributed by atoms with E-state index in [0.29, 0.717) is 31.2 Å². The van der Waals surface area contributed by atoms with Gasteiger partial charge in [-0.2, -0.15) is 0 Å². The quantitative estimate of drug-likeness (QED) is 0.652. The molecule has 0 radical (unpaired) electrons. The molecule has 1 unspecified atom stereocenters. The lowest BCUT2D eigenvalue weighted by Crippen LogP contribution is -2.41. The number of nitrogens with zero attached hydrogens (tertiary/aromatic N) is 4. The van der Waals surface area contributed by atoms with Crippen LogP contribution in [0.4, 0.5) is 5.69 Å². The number of likely N-dealkylation sites (N-methyl/N-ethyl adjacent to an activating group) is 2. The lowest BCUT2D eigenvalue weighted by atomic mass is 10.1. The molecule has 1 atom stereocenters. The van der Waals surface area contributed by atoms with Crippen LogP contribution in [0.1, 0.15) is 13.3 Å². The highest BCUT2D eigenvalue weighted by Gasteiger charge is 2.30. The third-order valence-electron chi connectivity index (χ3n) is 5.46. The van der Waals surface area contributed by atoms with E-state index in [4.69, 9.17) is 4.74 Å². The van der Waals surface area contributed by atoms with E-state index in [9.17, 15) is 9.59 Å². The summed E-state index contributed by atoms with van der Waals surface area (Å²) in [5.74, 6) is 0.539. The second-order valence-electron chi connectivity index (χ2n) is 7.87. The molecule has 3 heterocycles. The average molecular weight is 426 g/mol. The van der Waals surface area contributed by atoms with Gasteiger partial charge in [0.2, 0.25) is 11.8 Å². The molecule has 8 heteroatoms. The highest BCUT2D eigenvalue weighted by atomic mass is 16.5. The van der Waals surface area contributed by atoms with E-state index in [1.165, 1.54) is 0 Å². The number of ether oxygens (including phenoxy) is 1. The number of H-pyrrole nitrogens is 1. The molecule has 8 nitrogen and oxygen atoms in total. The topological polar surface area (TPSA) is 81.8 Å². The summed E-state index contributed by atoms with van der Waals surface area (Å²) in [6.07, 6.45) is 7.73. The number of aromatic amines is 1. The summed E-state index contributed by atoms with van der Waals surface area (Å²) >= 11 is 0. The Morgan fingerprint density at radius 2 is 2.16 bits per heavy atom. The van der Waals surface area contributed by atoms with Crippen molar-refractivity contribution in [1.29, 1.82) is 0 Å². The maximum Gasteiger partial charge on any atom is 0.271 e. The van der Waals surface area contributed by atoms with Crippen LogP contribution in [0.5, 0.6) is 5.88 Å². The fourth-order valence-electron chi connectivity index (χ4n) is 3.84. The lowest BCUT2D eigenvalue weighted by Gasteiger charge is -2.29. The molecule has 0 aromatic carbocycles. The van der Waals surface area contributed by atoms with E-state index in [0.717, 1.165) is 24.1 Å². The summed E-state index contributed by atoms with van der Waals surface area (Å²) in [5.41, 5.74) is 2.27. The third kappa shape index (κ3) is 5.52. The van der Waals surface area contributed by atoms with E-state index in [1.54, 1.807) is 25.6 Å². The molecule has 166 valence electrons. The first-order chi connectivity index (χ1) is 14.9. The molecule has 1 fully saturated rings. The van der Waals surface area contributed by atoms with E-state index in [1.807, 2.05) is 55.1 Å². The van der Waals surface area contributed by atoms with Gasteiger partial charge in [0.15, 0.2) is 0 Å². The van der Waals surface area contributed by atoms with Crippen molar-refractivity contribution in [2.24, 2.45) is 0 Å². The van der Waals surface area contributed by atoms with E-state index >= 15 is 0 Å². The van der Waals surface area contributed by atoms with Crippen LogP contribution in [-0.4, -0.2) is 79.1 Å². The zero-order valence-corrected chi connectivity index (χ0v) is 18.7. The van der Waals surface area contributed by atoms with Gasteiger partial charge in [-0.25, -0.2) is 4.98 Å². The Morgan fingerprint density at radius 1 is 1.35 bits per heavy atom. The first kappa shape index (κ1) is 22.6. The van der Waals surface area contributed by atoms with Crippen LogP contribution < -0.4 is 15.2 Å². The van der Waals surface area contributed by atoms with Gasteiger partial charge in [0.25, 0.3) is 5.56 Å². The number of anilines is 1. The molecule has 31 heavy (non-hydrogen) atoms. The molecular weight excluding hydrogens is 394 g/mol. The number of aromatic nitrogens is 2. The van der Waals surface area contributed by atoms with Gasteiger partial charge in [0, 0.05) is 62.3 Å². The maximum absolute atomic E-state index is 12.7. The fourth-order valence-corrected chi connectivity index (χ4v) is 3.84. The molecule has 0 bridgehead atoms. The number of methoxy groups -OCH3 is 1. The molecular formula is C23H31N5O3. The van der Waals surface area contributed by atoms with Gasteiger partial charge in [0.05, 0.1) is 7.11 Å². The van der Waals surface area contributed by atoms with Crippen molar-refractivity contribution in [3.63, 3.8) is 0 Å². The van der Waals surface area contributed by atoms with Crippen molar-refractivity contribution >= 4 is 11.6 Å². The number of amides is 1. The first-order valence-corrected chi connectivity index (χ1v) is 10.5. The number of carbonyl (C=O) groups is 1. The lowest BCUT2D eigenvalue weighted by molar-refractivity contribution is -0.125. The van der Waals surface area contributed by atoms with Gasteiger partial charge in [0.1, 0.15) is 5.69 Å². The summed E-state index contributed by atoms with van der Waals surface area (Å²) in [6, 6.07) is 5.72. The molecule has 2 aromatic heterocycles. The number of rotatable bonds is 8. The van der Waals surface area contributed by atoms with Crippen molar-refractivity contribution in [2.75, 3.05) is 52.3 Å². The molecule has 1 N–H and O–H groups in total. The summed E-state index contributed by atoms with van der Waals surface area (Å²) in [6.45, 7) is 4.72. The zero-order valence-electron chi connectivity index (χ0n) is 18.7.